The molecule has 0 radical (unpaired) electrons. The molecule has 7 heteroatoms. The number of hydrogen-bond donors (Lipinski definition) is 2. The molecule has 1 aromatic rings. The first-order valence-corrected chi connectivity index (χ1v) is 8.39. The molecule has 1 fully saturated rings. The van der Waals surface area contributed by atoms with E-state index in [1.54, 1.807) is 6.92 Å². The van der Waals surface area contributed by atoms with Crippen LogP contribution in [0.2, 0.25) is 0 Å². The molecule has 5 nitrogen and oxygen atoms in total. The number of aryl methyl sites for hydroxylation is 1. The van der Waals surface area contributed by atoms with Crippen LogP contribution in [0.3, 0.4) is 0 Å². The molecule has 2 rings (SSSR count). The van der Waals surface area contributed by atoms with Gasteiger partial charge in [-0.25, -0.2) is 18.1 Å². The van der Waals surface area contributed by atoms with Gasteiger partial charge < -0.3 is 5.73 Å². The lowest BCUT2D eigenvalue weighted by atomic mass is 9.84. The summed E-state index contributed by atoms with van der Waals surface area (Å²) in [6.45, 7) is 3.65. The van der Waals surface area contributed by atoms with Gasteiger partial charge in [0.25, 0.3) is 10.0 Å². The van der Waals surface area contributed by atoms with Gasteiger partial charge in [-0.2, -0.15) is 0 Å². The zero-order valence-corrected chi connectivity index (χ0v) is 12.3. The average molecular weight is 289 g/mol. The van der Waals surface area contributed by atoms with Crippen molar-refractivity contribution in [2.75, 3.05) is 5.73 Å². The van der Waals surface area contributed by atoms with Crippen LogP contribution >= 0.6 is 11.3 Å². The molecular weight excluding hydrogens is 270 g/mol. The summed E-state index contributed by atoms with van der Waals surface area (Å²) in [7, 11) is -3.50. The monoisotopic (exact) mass is 289 g/mol. The highest BCUT2D eigenvalue weighted by atomic mass is 32.2. The minimum absolute atomic E-state index is 0.242. The Morgan fingerprint density at radius 3 is 2.44 bits per heavy atom. The zero-order chi connectivity index (χ0) is 13.4. The maximum Gasteiger partial charge on any atom is 0.252 e. The van der Waals surface area contributed by atoms with Crippen LogP contribution in [0.5, 0.6) is 0 Å². The third kappa shape index (κ3) is 2.84. The average Bonchev–Trinajstić information content (AvgIpc) is 2.58. The third-order valence-electron chi connectivity index (χ3n) is 3.35. The van der Waals surface area contributed by atoms with Crippen molar-refractivity contribution in [3.05, 3.63) is 5.69 Å². The molecule has 3 N–H and O–H groups in total. The Labute approximate surface area is 112 Å². The van der Waals surface area contributed by atoms with E-state index in [0.717, 1.165) is 37.0 Å². The number of nitrogen functional groups attached to an aromatic ring is 1. The Morgan fingerprint density at radius 1 is 1.33 bits per heavy atom. The van der Waals surface area contributed by atoms with Crippen LogP contribution in [0.1, 0.15) is 44.7 Å². The number of nitrogens with one attached hydrogen (secondary N) is 1. The van der Waals surface area contributed by atoms with Crippen LogP contribution < -0.4 is 10.5 Å². The number of thiazole rings is 1. The van der Waals surface area contributed by atoms with Gasteiger partial charge in [-0.15, -0.1) is 0 Å². The van der Waals surface area contributed by atoms with Gasteiger partial charge in [-0.3, -0.25) is 0 Å². The quantitative estimate of drug-likeness (QED) is 0.891. The highest BCUT2D eigenvalue weighted by Crippen LogP contribution is 2.31. The van der Waals surface area contributed by atoms with Crippen LogP contribution in [-0.4, -0.2) is 18.9 Å². The molecule has 1 aliphatic carbocycles. The second-order valence-electron chi connectivity index (χ2n) is 5.15. The fourth-order valence-electron chi connectivity index (χ4n) is 2.46. The first-order valence-electron chi connectivity index (χ1n) is 6.09. The number of nitrogens with zero attached hydrogens (tertiary/aromatic N) is 1. The van der Waals surface area contributed by atoms with Crippen LogP contribution in [-0.2, 0) is 10.0 Å². The maximum atomic E-state index is 12.3. The molecule has 0 spiro atoms. The van der Waals surface area contributed by atoms with Crippen molar-refractivity contribution < 1.29 is 8.42 Å². The molecular formula is C11H19N3O2S2. The van der Waals surface area contributed by atoms with Crippen molar-refractivity contribution in [2.45, 2.75) is 55.7 Å². The largest absolute Gasteiger partial charge is 0.375 e. The molecule has 0 amide bonds. The number of sulfonamides is 1. The number of anilines is 1. The predicted octanol–water partition coefficient (Wildman–Crippen LogP) is 2.03. The fourth-order valence-corrected chi connectivity index (χ4v) is 5.22. The van der Waals surface area contributed by atoms with Gasteiger partial charge in [0, 0.05) is 5.54 Å². The van der Waals surface area contributed by atoms with Crippen molar-refractivity contribution in [1.29, 1.82) is 0 Å². The molecule has 0 atom stereocenters. The van der Waals surface area contributed by atoms with Gasteiger partial charge in [-0.05, 0) is 26.7 Å². The van der Waals surface area contributed by atoms with Crippen molar-refractivity contribution in [1.82, 2.24) is 9.71 Å². The van der Waals surface area contributed by atoms with E-state index in [1.165, 1.54) is 6.42 Å². The summed E-state index contributed by atoms with van der Waals surface area (Å²) in [6.07, 6.45) is 5.11. The molecule has 0 bridgehead atoms. The molecule has 0 aromatic carbocycles. The number of hydrogen-bond acceptors (Lipinski definition) is 5. The summed E-state index contributed by atoms with van der Waals surface area (Å²) in [5, 5.41) is 0.293. The van der Waals surface area contributed by atoms with Crippen molar-refractivity contribution >= 4 is 26.5 Å². The number of aromatic nitrogens is 1. The van der Waals surface area contributed by atoms with E-state index in [0.29, 0.717) is 10.8 Å². The second kappa shape index (κ2) is 4.79. The lowest BCUT2D eigenvalue weighted by Gasteiger charge is -2.33. The SMILES string of the molecule is Cc1nc(N)sc1S(=O)(=O)NC1(C)CCCCC1. The van der Waals surface area contributed by atoms with Gasteiger partial charge in [0.2, 0.25) is 0 Å². The van der Waals surface area contributed by atoms with Crippen molar-refractivity contribution in [2.24, 2.45) is 0 Å². The first kappa shape index (κ1) is 13.8. The van der Waals surface area contributed by atoms with Crippen molar-refractivity contribution in [3.63, 3.8) is 0 Å². The third-order valence-corrected chi connectivity index (χ3v) is 6.59. The van der Waals surface area contributed by atoms with Gasteiger partial charge in [-0.1, -0.05) is 30.6 Å². The molecule has 1 saturated carbocycles. The Kier molecular flexibility index (Phi) is 3.66. The smallest absolute Gasteiger partial charge is 0.252 e. The summed E-state index contributed by atoms with van der Waals surface area (Å²) < 4.78 is 27.8. The Morgan fingerprint density at radius 2 is 1.94 bits per heavy atom. The molecule has 0 unspecified atom stereocenters. The summed E-state index contributed by atoms with van der Waals surface area (Å²) in [5.41, 5.74) is 5.70. The molecule has 1 aliphatic rings. The van der Waals surface area contributed by atoms with Crippen LogP contribution in [0, 0.1) is 6.92 Å². The Hall–Kier alpha value is -0.660. The molecule has 1 heterocycles. The first-order chi connectivity index (χ1) is 8.32. The number of nitrogens with two attached hydrogens (primary N) is 1. The van der Waals surface area contributed by atoms with Crippen molar-refractivity contribution in [3.8, 4) is 0 Å². The second-order valence-corrected chi connectivity index (χ2v) is 8.06. The summed E-state index contributed by atoms with van der Waals surface area (Å²) in [6, 6.07) is 0. The number of rotatable bonds is 3. The molecule has 1 aromatic heterocycles. The molecule has 0 saturated heterocycles. The van der Waals surface area contributed by atoms with Crippen LogP contribution in [0.15, 0.2) is 4.21 Å². The minimum atomic E-state index is -3.50. The lowest BCUT2D eigenvalue weighted by Crippen LogP contribution is -2.46. The van der Waals surface area contributed by atoms with E-state index < -0.39 is 10.0 Å². The van der Waals surface area contributed by atoms with Crippen LogP contribution in [0.4, 0.5) is 5.13 Å². The maximum absolute atomic E-state index is 12.3. The van der Waals surface area contributed by atoms with E-state index in [9.17, 15) is 8.42 Å². The fraction of sp³-hybridized carbons (Fsp3) is 0.727. The van der Waals surface area contributed by atoms with E-state index in [1.807, 2.05) is 6.92 Å². The highest BCUT2D eigenvalue weighted by Gasteiger charge is 2.33. The zero-order valence-electron chi connectivity index (χ0n) is 10.7. The van der Waals surface area contributed by atoms with Crippen LogP contribution in [0.25, 0.3) is 0 Å². The summed E-state index contributed by atoms with van der Waals surface area (Å²) >= 11 is 1.02. The topological polar surface area (TPSA) is 85.1 Å². The standard InChI is InChI=1S/C11H19N3O2S2/c1-8-9(17-10(12)13-8)18(15,16)14-11(2)6-4-3-5-7-11/h14H,3-7H2,1-2H3,(H2,12,13). The highest BCUT2D eigenvalue weighted by molar-refractivity contribution is 7.91. The minimum Gasteiger partial charge on any atom is -0.375 e. The van der Waals surface area contributed by atoms with Gasteiger partial charge in [0.15, 0.2) is 9.34 Å². The molecule has 0 aliphatic heterocycles. The van der Waals surface area contributed by atoms with Gasteiger partial charge in [0.1, 0.15) is 0 Å². The summed E-state index contributed by atoms with van der Waals surface area (Å²) in [4.78, 5) is 3.97. The Balaban J connectivity index is 2.24. The van der Waals surface area contributed by atoms with E-state index in [4.69, 9.17) is 5.73 Å². The molecule has 102 valence electrons. The molecule has 18 heavy (non-hydrogen) atoms. The Bertz CT molecular complexity index is 530. The summed E-state index contributed by atoms with van der Waals surface area (Å²) in [5.74, 6) is 0. The normalized spacial score (nSPS) is 19.9. The van der Waals surface area contributed by atoms with E-state index in [2.05, 4.69) is 9.71 Å². The van der Waals surface area contributed by atoms with E-state index in [-0.39, 0.29) is 9.75 Å². The van der Waals surface area contributed by atoms with Gasteiger partial charge >= 0.3 is 0 Å². The van der Waals surface area contributed by atoms with E-state index >= 15 is 0 Å². The predicted molar refractivity (Wildman–Crippen MR) is 73.1 cm³/mol. The lowest BCUT2D eigenvalue weighted by molar-refractivity contribution is 0.294. The van der Waals surface area contributed by atoms with Gasteiger partial charge in [0.05, 0.1) is 5.69 Å².